The lowest BCUT2D eigenvalue weighted by molar-refractivity contribution is 0.0433. The fourth-order valence-electron chi connectivity index (χ4n) is 4.11. The molecule has 3 rings (SSSR count). The lowest BCUT2D eigenvalue weighted by Gasteiger charge is -2.37. The molecule has 0 aliphatic carbocycles. The van der Waals surface area contributed by atoms with Crippen LogP contribution in [0, 0.1) is 0 Å². The highest BCUT2D eigenvalue weighted by atomic mass is 35.5. The maximum absolute atomic E-state index is 11.0. The van der Waals surface area contributed by atoms with Gasteiger partial charge in [0.2, 0.25) is 0 Å². The second-order valence-corrected chi connectivity index (χ2v) is 9.59. The summed E-state index contributed by atoms with van der Waals surface area (Å²) in [6, 6.07) is 14.7. The number of halogens is 1. The Bertz CT molecular complexity index is 878. The summed E-state index contributed by atoms with van der Waals surface area (Å²) < 4.78 is 28.8. The first-order valence-electron chi connectivity index (χ1n) is 9.93. The van der Waals surface area contributed by atoms with Crippen LogP contribution in [0.1, 0.15) is 31.7 Å². The minimum atomic E-state index is -2.32. The summed E-state index contributed by atoms with van der Waals surface area (Å²) in [7, 11) is 1.47. The van der Waals surface area contributed by atoms with Crippen LogP contribution in [0.3, 0.4) is 0 Å². The molecule has 2 aromatic rings. The summed E-state index contributed by atoms with van der Waals surface area (Å²) in [5.41, 5.74) is 1.67. The molecule has 1 heterocycles. The number of rotatable bonds is 8. The number of aliphatic hydroxyl groups excluding tert-OH is 1. The third kappa shape index (κ3) is 5.34. The first-order valence-corrected chi connectivity index (χ1v) is 11.3. The first-order chi connectivity index (χ1) is 14.2. The number of nitrogens with zero attached hydrogens (tertiary/aromatic N) is 2. The molecular formula is C22H28ClN2O4S-. The number of ether oxygens (including phenoxy) is 1. The van der Waals surface area contributed by atoms with Crippen molar-refractivity contribution in [2.45, 2.75) is 37.8 Å². The lowest BCUT2D eigenvalue weighted by Crippen LogP contribution is -2.46. The predicted molar refractivity (Wildman–Crippen MR) is 120 cm³/mol. The molecular weight excluding hydrogens is 424 g/mol. The Hall–Kier alpha value is -1.64. The minimum Gasteiger partial charge on any atom is -0.755 e. The van der Waals surface area contributed by atoms with Crippen molar-refractivity contribution in [3.05, 3.63) is 59.1 Å². The van der Waals surface area contributed by atoms with Gasteiger partial charge in [-0.3, -0.25) is 9.11 Å². The molecule has 0 saturated carbocycles. The quantitative estimate of drug-likeness (QED) is 0.621. The number of hydrogen-bond acceptors (Lipinski definition) is 5. The zero-order valence-electron chi connectivity index (χ0n) is 17.5. The smallest absolute Gasteiger partial charge is 0.119 e. The maximum Gasteiger partial charge on any atom is 0.119 e. The number of likely N-dealkylation sites (tertiary alicyclic amines) is 1. The highest BCUT2D eigenvalue weighted by molar-refractivity contribution is 7.80. The first kappa shape index (κ1) is 23.0. The van der Waals surface area contributed by atoms with E-state index in [1.54, 1.807) is 24.3 Å². The SMILES string of the molecule is CN(c1ccc(OC[C@H](O)CN2CCC(c3cccc(Cl)c3)C2(C)C)cc1)S(=O)[O-]. The Morgan fingerprint density at radius 1 is 1.33 bits per heavy atom. The van der Waals surface area contributed by atoms with Crippen molar-refractivity contribution in [2.75, 3.05) is 31.0 Å². The molecule has 6 nitrogen and oxygen atoms in total. The van der Waals surface area contributed by atoms with E-state index in [-0.39, 0.29) is 12.1 Å². The Kier molecular flexibility index (Phi) is 7.42. The summed E-state index contributed by atoms with van der Waals surface area (Å²) in [4.78, 5) is 2.30. The summed E-state index contributed by atoms with van der Waals surface area (Å²) >= 11 is 3.86. The summed E-state index contributed by atoms with van der Waals surface area (Å²) in [6.07, 6.45) is 0.371. The second kappa shape index (κ2) is 9.66. The molecule has 0 radical (unpaired) electrons. The fraction of sp³-hybridized carbons (Fsp3) is 0.455. The van der Waals surface area contributed by atoms with Crippen molar-refractivity contribution in [3.8, 4) is 5.75 Å². The molecule has 1 aliphatic rings. The third-order valence-electron chi connectivity index (χ3n) is 5.90. The van der Waals surface area contributed by atoms with E-state index in [9.17, 15) is 13.9 Å². The normalized spacial score (nSPS) is 20.7. The van der Waals surface area contributed by atoms with Gasteiger partial charge in [0, 0.05) is 47.0 Å². The molecule has 2 aromatic carbocycles. The van der Waals surface area contributed by atoms with Gasteiger partial charge in [-0.25, -0.2) is 0 Å². The Morgan fingerprint density at radius 2 is 2.03 bits per heavy atom. The molecule has 1 aliphatic heterocycles. The van der Waals surface area contributed by atoms with Crippen LogP contribution in [0.5, 0.6) is 5.75 Å². The topological polar surface area (TPSA) is 76.1 Å². The van der Waals surface area contributed by atoms with E-state index in [1.165, 1.54) is 12.6 Å². The van der Waals surface area contributed by atoms with Gasteiger partial charge in [0.25, 0.3) is 0 Å². The van der Waals surface area contributed by atoms with Gasteiger partial charge in [0.1, 0.15) is 18.5 Å². The van der Waals surface area contributed by atoms with E-state index in [4.69, 9.17) is 16.3 Å². The minimum absolute atomic E-state index is 0.105. The van der Waals surface area contributed by atoms with Gasteiger partial charge < -0.3 is 18.7 Å². The van der Waals surface area contributed by atoms with Gasteiger partial charge in [-0.2, -0.15) is 0 Å². The Labute approximate surface area is 185 Å². The molecule has 1 N–H and O–H groups in total. The fourth-order valence-corrected chi connectivity index (χ4v) is 4.60. The van der Waals surface area contributed by atoms with Crippen molar-refractivity contribution in [2.24, 2.45) is 0 Å². The van der Waals surface area contributed by atoms with Gasteiger partial charge in [-0.05, 0) is 68.8 Å². The van der Waals surface area contributed by atoms with Crippen molar-refractivity contribution in [1.82, 2.24) is 4.90 Å². The van der Waals surface area contributed by atoms with Gasteiger partial charge >= 0.3 is 0 Å². The van der Waals surface area contributed by atoms with Crippen molar-refractivity contribution in [3.63, 3.8) is 0 Å². The second-order valence-electron chi connectivity index (χ2n) is 8.17. The van der Waals surface area contributed by atoms with E-state index in [0.29, 0.717) is 23.9 Å². The molecule has 0 aromatic heterocycles. The van der Waals surface area contributed by atoms with Crippen LogP contribution in [-0.4, -0.2) is 57.2 Å². The maximum atomic E-state index is 11.0. The number of benzene rings is 2. The molecule has 164 valence electrons. The van der Waals surface area contributed by atoms with Crippen LogP contribution in [0.15, 0.2) is 48.5 Å². The van der Waals surface area contributed by atoms with Crippen molar-refractivity contribution >= 4 is 28.6 Å². The molecule has 1 fully saturated rings. The number of β-amino-alcohol motifs (C(OH)–C–C–N with tert-alkyl or cyclic N) is 1. The van der Waals surface area contributed by atoms with Gasteiger partial charge in [-0.1, -0.05) is 23.7 Å². The van der Waals surface area contributed by atoms with Crippen LogP contribution >= 0.6 is 11.6 Å². The molecule has 0 amide bonds. The van der Waals surface area contributed by atoms with Gasteiger partial charge in [0.05, 0.1) is 0 Å². The monoisotopic (exact) mass is 451 g/mol. The zero-order valence-corrected chi connectivity index (χ0v) is 19.0. The average molecular weight is 452 g/mol. The average Bonchev–Trinajstić information content (AvgIpc) is 3.00. The largest absolute Gasteiger partial charge is 0.755 e. The molecule has 30 heavy (non-hydrogen) atoms. The Balaban J connectivity index is 1.55. The Morgan fingerprint density at radius 3 is 2.67 bits per heavy atom. The number of hydrogen-bond donors (Lipinski definition) is 1. The van der Waals surface area contributed by atoms with E-state index < -0.39 is 17.4 Å². The molecule has 2 unspecified atom stereocenters. The molecule has 1 saturated heterocycles. The third-order valence-corrected chi connectivity index (χ3v) is 6.80. The van der Waals surface area contributed by atoms with Crippen molar-refractivity contribution < 1.29 is 18.6 Å². The van der Waals surface area contributed by atoms with E-state index in [1.807, 2.05) is 18.2 Å². The van der Waals surface area contributed by atoms with Gasteiger partial charge in [0.15, 0.2) is 0 Å². The van der Waals surface area contributed by atoms with E-state index in [0.717, 1.165) is 22.3 Å². The zero-order chi connectivity index (χ0) is 21.9. The highest BCUT2D eigenvalue weighted by Crippen LogP contribution is 2.42. The standard InChI is InChI=1S/C22H29ClN2O4S/c1-22(2)21(16-5-4-6-17(23)13-16)11-12-25(22)14-19(26)15-29-20-9-7-18(8-10-20)24(3)30(27)28/h4-10,13,19,21,26H,11-12,14-15H2,1-3H3,(H,27,28)/p-1/t19-,21?/m1/s1. The summed E-state index contributed by atoms with van der Waals surface area (Å²) in [6.45, 7) is 5.98. The summed E-state index contributed by atoms with van der Waals surface area (Å²) in [5.74, 6) is 0.931. The van der Waals surface area contributed by atoms with E-state index in [2.05, 4.69) is 24.8 Å². The molecule has 8 heteroatoms. The number of aliphatic hydroxyl groups is 1. The van der Waals surface area contributed by atoms with Gasteiger partial charge in [-0.15, -0.1) is 0 Å². The molecule has 0 bridgehead atoms. The highest BCUT2D eigenvalue weighted by Gasteiger charge is 2.42. The predicted octanol–water partition coefficient (Wildman–Crippen LogP) is 3.58. The van der Waals surface area contributed by atoms with Crippen molar-refractivity contribution in [1.29, 1.82) is 0 Å². The van der Waals surface area contributed by atoms with E-state index >= 15 is 0 Å². The van der Waals surface area contributed by atoms with Crippen LogP contribution in [0.4, 0.5) is 5.69 Å². The number of anilines is 1. The molecule has 3 atom stereocenters. The van der Waals surface area contributed by atoms with Crippen LogP contribution in [0.2, 0.25) is 5.02 Å². The van der Waals surface area contributed by atoms with Crippen LogP contribution in [0.25, 0.3) is 0 Å². The van der Waals surface area contributed by atoms with Crippen LogP contribution < -0.4 is 9.04 Å². The van der Waals surface area contributed by atoms with Crippen LogP contribution in [-0.2, 0) is 11.3 Å². The molecule has 0 spiro atoms. The summed E-state index contributed by atoms with van der Waals surface area (Å²) in [5, 5.41) is 11.3. The lowest BCUT2D eigenvalue weighted by atomic mass is 9.82.